The zero-order valence-corrected chi connectivity index (χ0v) is 16.8. The van der Waals surface area contributed by atoms with E-state index in [1.807, 2.05) is 60.7 Å². The minimum absolute atomic E-state index is 0.176. The number of rotatable bonds is 7. The van der Waals surface area contributed by atoms with Gasteiger partial charge in [-0.3, -0.25) is 14.5 Å². The van der Waals surface area contributed by atoms with Crippen molar-refractivity contribution in [2.24, 2.45) is 5.92 Å². The number of nitrogens with one attached hydrogen (secondary N) is 2. The van der Waals surface area contributed by atoms with Crippen molar-refractivity contribution in [3.63, 3.8) is 0 Å². The number of piperidine rings is 1. The first-order valence-electron chi connectivity index (χ1n) is 10.1. The number of nitrogens with zero attached hydrogens (tertiary/aromatic N) is 1. The molecular formula is C23H29N3O3. The van der Waals surface area contributed by atoms with Gasteiger partial charge >= 0.3 is 0 Å². The molecule has 1 saturated heterocycles. The number of benzene rings is 2. The molecule has 6 nitrogen and oxygen atoms in total. The van der Waals surface area contributed by atoms with Gasteiger partial charge in [-0.15, -0.1) is 0 Å². The monoisotopic (exact) mass is 395 g/mol. The summed E-state index contributed by atoms with van der Waals surface area (Å²) < 4.78 is 0. The Balaban J connectivity index is 1.52. The Morgan fingerprint density at radius 3 is 2.10 bits per heavy atom. The number of aliphatic hydroxyl groups excluding tert-OH is 1. The summed E-state index contributed by atoms with van der Waals surface area (Å²) in [7, 11) is 1.56. The van der Waals surface area contributed by atoms with Crippen molar-refractivity contribution >= 4 is 11.8 Å². The van der Waals surface area contributed by atoms with Gasteiger partial charge in [0.2, 0.25) is 11.8 Å². The minimum Gasteiger partial charge on any atom is -0.388 e. The van der Waals surface area contributed by atoms with Gasteiger partial charge in [0.15, 0.2) is 0 Å². The maximum atomic E-state index is 12.6. The first-order chi connectivity index (χ1) is 14.1. The van der Waals surface area contributed by atoms with Crippen LogP contribution in [0.5, 0.6) is 0 Å². The van der Waals surface area contributed by atoms with E-state index in [0.29, 0.717) is 0 Å². The highest BCUT2D eigenvalue weighted by Crippen LogP contribution is 2.30. The van der Waals surface area contributed by atoms with Crippen LogP contribution in [-0.4, -0.2) is 48.5 Å². The van der Waals surface area contributed by atoms with Crippen molar-refractivity contribution in [2.75, 3.05) is 26.7 Å². The molecule has 1 heterocycles. The van der Waals surface area contributed by atoms with Crippen LogP contribution in [0.2, 0.25) is 0 Å². The van der Waals surface area contributed by atoms with Gasteiger partial charge in [-0.1, -0.05) is 60.7 Å². The summed E-state index contributed by atoms with van der Waals surface area (Å²) in [6, 6.07) is 18.2. The van der Waals surface area contributed by atoms with E-state index in [-0.39, 0.29) is 24.3 Å². The van der Waals surface area contributed by atoms with Crippen LogP contribution in [0.25, 0.3) is 0 Å². The highest BCUT2D eigenvalue weighted by molar-refractivity contribution is 5.89. The van der Waals surface area contributed by atoms with Crippen LogP contribution >= 0.6 is 0 Å². The maximum absolute atomic E-state index is 12.6. The number of likely N-dealkylation sites (tertiary alicyclic amines) is 1. The highest BCUT2D eigenvalue weighted by atomic mass is 16.3. The Kier molecular flexibility index (Phi) is 7.38. The lowest BCUT2D eigenvalue weighted by atomic mass is 9.87. The fraction of sp³-hybridized carbons (Fsp3) is 0.391. The average molecular weight is 396 g/mol. The molecule has 2 unspecified atom stereocenters. The lowest BCUT2D eigenvalue weighted by molar-refractivity contribution is -0.129. The van der Waals surface area contributed by atoms with Crippen molar-refractivity contribution in [1.29, 1.82) is 0 Å². The number of amides is 2. The maximum Gasteiger partial charge on any atom is 0.246 e. The third-order valence-corrected chi connectivity index (χ3v) is 5.53. The smallest absolute Gasteiger partial charge is 0.246 e. The van der Waals surface area contributed by atoms with E-state index >= 15 is 0 Å². The second-order valence-electron chi connectivity index (χ2n) is 7.49. The molecule has 3 N–H and O–H groups in total. The predicted molar refractivity (Wildman–Crippen MR) is 112 cm³/mol. The largest absolute Gasteiger partial charge is 0.388 e. The zero-order valence-electron chi connectivity index (χ0n) is 16.8. The Morgan fingerprint density at radius 1 is 1.00 bits per heavy atom. The van der Waals surface area contributed by atoms with E-state index in [0.717, 1.165) is 37.1 Å². The number of likely N-dealkylation sites (N-methyl/N-ethyl adjacent to an activating group) is 1. The molecular weight excluding hydrogens is 366 g/mol. The lowest BCUT2D eigenvalue weighted by Crippen LogP contribution is -2.45. The minimum atomic E-state index is -0.703. The number of aliphatic hydroxyl groups is 1. The molecule has 2 atom stereocenters. The molecule has 0 bridgehead atoms. The zero-order chi connectivity index (χ0) is 20.6. The summed E-state index contributed by atoms with van der Waals surface area (Å²) in [6.07, 6.45) is 1.20. The van der Waals surface area contributed by atoms with E-state index in [1.54, 1.807) is 7.05 Å². The lowest BCUT2D eigenvalue weighted by Gasteiger charge is -2.34. The first-order valence-corrected chi connectivity index (χ1v) is 10.1. The van der Waals surface area contributed by atoms with E-state index in [4.69, 9.17) is 0 Å². The summed E-state index contributed by atoms with van der Waals surface area (Å²) in [5.41, 5.74) is 1.70. The molecule has 0 radical (unpaired) electrons. The van der Waals surface area contributed by atoms with Crippen LogP contribution in [0.15, 0.2) is 60.7 Å². The molecule has 6 heteroatoms. The summed E-state index contributed by atoms with van der Waals surface area (Å²) in [5, 5.41) is 16.1. The molecule has 0 aromatic heterocycles. The van der Waals surface area contributed by atoms with Crippen LogP contribution in [0.4, 0.5) is 0 Å². The van der Waals surface area contributed by atoms with Gasteiger partial charge in [-0.2, -0.15) is 0 Å². The van der Waals surface area contributed by atoms with Gasteiger partial charge in [0, 0.05) is 7.05 Å². The van der Waals surface area contributed by atoms with Gasteiger partial charge < -0.3 is 15.7 Å². The van der Waals surface area contributed by atoms with Gasteiger partial charge in [-0.25, -0.2) is 0 Å². The fourth-order valence-corrected chi connectivity index (χ4v) is 3.85. The van der Waals surface area contributed by atoms with Gasteiger partial charge in [-0.05, 0) is 43.0 Å². The number of carbonyl (C=O) groups excluding carboxylic acids is 2. The molecule has 1 aliphatic rings. The van der Waals surface area contributed by atoms with Crippen molar-refractivity contribution in [2.45, 2.75) is 25.0 Å². The van der Waals surface area contributed by atoms with Crippen molar-refractivity contribution in [1.82, 2.24) is 15.5 Å². The third-order valence-electron chi connectivity index (χ3n) is 5.53. The van der Waals surface area contributed by atoms with Crippen LogP contribution in [0, 0.1) is 5.92 Å². The first kappa shape index (κ1) is 21.0. The highest BCUT2D eigenvalue weighted by Gasteiger charge is 2.28. The predicted octanol–water partition coefficient (Wildman–Crippen LogP) is 2.04. The van der Waals surface area contributed by atoms with E-state index in [2.05, 4.69) is 15.5 Å². The van der Waals surface area contributed by atoms with Crippen molar-refractivity contribution < 1.29 is 14.7 Å². The average Bonchev–Trinajstić information content (AvgIpc) is 2.78. The second-order valence-corrected chi connectivity index (χ2v) is 7.49. The Hall–Kier alpha value is -2.70. The van der Waals surface area contributed by atoms with E-state index in [1.165, 1.54) is 0 Å². The van der Waals surface area contributed by atoms with Crippen molar-refractivity contribution in [3.8, 4) is 0 Å². The summed E-state index contributed by atoms with van der Waals surface area (Å²) in [6.45, 7) is 1.74. The van der Waals surface area contributed by atoms with Crippen LogP contribution in [-0.2, 0) is 9.59 Å². The quantitative estimate of drug-likeness (QED) is 0.670. The van der Waals surface area contributed by atoms with Crippen LogP contribution in [0.3, 0.4) is 0 Å². The van der Waals surface area contributed by atoms with Gasteiger partial charge in [0.25, 0.3) is 0 Å². The number of hydrogen-bond acceptors (Lipinski definition) is 4. The Labute approximate surface area is 171 Å². The molecule has 0 saturated carbocycles. The number of carbonyl (C=O) groups is 2. The van der Waals surface area contributed by atoms with Gasteiger partial charge in [0.05, 0.1) is 12.6 Å². The molecule has 1 aliphatic heterocycles. The summed E-state index contributed by atoms with van der Waals surface area (Å²) in [4.78, 5) is 26.9. The molecule has 2 aromatic carbocycles. The Morgan fingerprint density at radius 2 is 1.55 bits per heavy atom. The van der Waals surface area contributed by atoms with E-state index < -0.39 is 12.1 Å². The summed E-state index contributed by atoms with van der Waals surface area (Å²) >= 11 is 0. The molecule has 0 spiro atoms. The molecule has 0 aliphatic carbocycles. The topological polar surface area (TPSA) is 81.7 Å². The molecule has 1 fully saturated rings. The van der Waals surface area contributed by atoms with E-state index in [9.17, 15) is 14.7 Å². The SMILES string of the molecule is CNC(=O)C(NC(=O)CN1CCC(C(O)c2ccccc2)CC1)c1ccccc1. The fourth-order valence-electron chi connectivity index (χ4n) is 3.85. The Bertz CT molecular complexity index is 790. The van der Waals surface area contributed by atoms with Crippen LogP contribution in [0.1, 0.15) is 36.1 Å². The molecule has 154 valence electrons. The summed E-state index contributed by atoms with van der Waals surface area (Å²) in [5.74, 6) is -0.224. The second kappa shape index (κ2) is 10.2. The molecule has 2 aromatic rings. The third kappa shape index (κ3) is 5.65. The normalized spacial score (nSPS) is 17.3. The number of hydrogen-bond donors (Lipinski definition) is 3. The molecule has 29 heavy (non-hydrogen) atoms. The molecule has 3 rings (SSSR count). The molecule has 2 amide bonds. The van der Waals surface area contributed by atoms with Gasteiger partial charge in [0.1, 0.15) is 6.04 Å². The van der Waals surface area contributed by atoms with Crippen LogP contribution < -0.4 is 10.6 Å². The standard InChI is InChI=1S/C23H29N3O3/c1-24-23(29)21(17-8-4-2-5-9-17)25-20(27)16-26-14-12-19(13-15-26)22(28)18-10-6-3-7-11-18/h2-11,19,21-22,28H,12-16H2,1H3,(H,24,29)(H,25,27). The van der Waals surface area contributed by atoms with Crippen molar-refractivity contribution in [3.05, 3.63) is 71.8 Å².